The highest BCUT2D eigenvalue weighted by Gasteiger charge is 2.21. The Balaban J connectivity index is 1.89. The first-order chi connectivity index (χ1) is 10.8. The molecular weight excluding hydrogens is 316 g/mol. The number of nitrogens with zero attached hydrogens (tertiary/aromatic N) is 1. The van der Waals surface area contributed by atoms with E-state index in [1.165, 1.54) is 0 Å². The molecule has 1 amide bonds. The van der Waals surface area contributed by atoms with Gasteiger partial charge in [0.25, 0.3) is 5.91 Å². The van der Waals surface area contributed by atoms with Crippen molar-refractivity contribution in [1.29, 1.82) is 0 Å². The van der Waals surface area contributed by atoms with Gasteiger partial charge in [0.2, 0.25) is 0 Å². The second-order valence-electron chi connectivity index (χ2n) is 4.69. The summed E-state index contributed by atoms with van der Waals surface area (Å²) >= 11 is 3.43. The van der Waals surface area contributed by atoms with Gasteiger partial charge in [0.1, 0.15) is 9.96 Å². The van der Waals surface area contributed by atoms with Crippen LogP contribution in [0.3, 0.4) is 0 Å². The lowest BCUT2D eigenvalue weighted by Crippen LogP contribution is -2.23. The average molecular weight is 332 g/mol. The van der Waals surface area contributed by atoms with Crippen molar-refractivity contribution in [3.63, 3.8) is 0 Å². The third-order valence-corrected chi connectivity index (χ3v) is 5.49. The molecule has 0 unspecified atom stereocenters. The van der Waals surface area contributed by atoms with Crippen molar-refractivity contribution < 1.29 is 9.21 Å². The van der Waals surface area contributed by atoms with E-state index >= 15 is 0 Å². The Morgan fingerprint density at radius 1 is 1.50 bits per heavy atom. The number of hydrogen-bond donors (Lipinski definition) is 1. The van der Waals surface area contributed by atoms with E-state index < -0.39 is 0 Å². The molecule has 2 heterocycles. The molecule has 2 aromatic rings. The molecule has 0 bridgehead atoms. The number of hydrogen-bond acceptors (Lipinski definition) is 5. The summed E-state index contributed by atoms with van der Waals surface area (Å²) in [6.07, 6.45) is 1.65. The first-order valence-corrected chi connectivity index (χ1v) is 8.96. The molecule has 22 heavy (non-hydrogen) atoms. The van der Waals surface area contributed by atoms with Gasteiger partial charge < -0.3 is 9.73 Å². The summed E-state index contributed by atoms with van der Waals surface area (Å²) in [5, 5.41) is 3.77. The second kappa shape index (κ2) is 7.07. The van der Waals surface area contributed by atoms with Gasteiger partial charge in [-0.15, -0.1) is 6.58 Å². The lowest BCUT2D eigenvalue weighted by Gasteiger charge is -2.03. The first-order valence-electron chi connectivity index (χ1n) is 6.99. The average Bonchev–Trinajstić information content (AvgIpc) is 3.17. The zero-order chi connectivity index (χ0) is 15.4. The number of furan rings is 1. The zero-order valence-electron chi connectivity index (χ0n) is 12.0. The first kappa shape index (κ1) is 15.2. The lowest BCUT2D eigenvalue weighted by molar-refractivity contribution is 0.0931. The Hall–Kier alpha value is -1.66. The Morgan fingerprint density at radius 2 is 2.36 bits per heavy atom. The molecule has 0 radical (unpaired) electrons. The van der Waals surface area contributed by atoms with Crippen molar-refractivity contribution in [2.75, 3.05) is 18.8 Å². The van der Waals surface area contributed by atoms with Crippen molar-refractivity contribution in [3.8, 4) is 0 Å². The maximum Gasteiger partial charge on any atom is 0.287 e. The van der Waals surface area contributed by atoms with Crippen LogP contribution in [0.5, 0.6) is 0 Å². The summed E-state index contributed by atoms with van der Waals surface area (Å²) in [7, 11) is 0. The van der Waals surface area contributed by atoms with Crippen molar-refractivity contribution >= 4 is 44.8 Å². The topological polar surface area (TPSA) is 54.6 Å². The molecule has 1 aromatic carbocycles. The van der Waals surface area contributed by atoms with Gasteiger partial charge >= 0.3 is 0 Å². The quantitative estimate of drug-likeness (QED) is 0.849. The highest BCUT2D eigenvalue weighted by molar-refractivity contribution is 8.38. The number of nitrogens with one attached hydrogen (secondary N) is 1. The van der Waals surface area contributed by atoms with Gasteiger partial charge in [-0.2, -0.15) is 0 Å². The Bertz CT molecular complexity index is 737. The number of thioether (sulfide) groups is 2. The molecule has 0 aliphatic carbocycles. The van der Waals surface area contributed by atoms with E-state index in [9.17, 15) is 4.79 Å². The van der Waals surface area contributed by atoms with Crippen LogP contribution in [-0.4, -0.2) is 29.1 Å². The second-order valence-corrected chi connectivity index (χ2v) is 7.00. The Kier molecular flexibility index (Phi) is 4.90. The fourth-order valence-corrected chi connectivity index (χ4v) is 4.24. The molecule has 1 aliphatic rings. The van der Waals surface area contributed by atoms with E-state index in [1.54, 1.807) is 29.6 Å². The molecule has 1 aliphatic heterocycles. The largest absolute Gasteiger partial charge is 0.451 e. The highest BCUT2D eigenvalue weighted by atomic mass is 32.2. The number of carbonyl (C=O) groups excluding carboxylic acids is 1. The number of carbonyl (C=O) groups is 1. The fraction of sp³-hybridized carbons (Fsp3) is 0.250. The van der Waals surface area contributed by atoms with Gasteiger partial charge in [0.15, 0.2) is 5.76 Å². The summed E-state index contributed by atoms with van der Waals surface area (Å²) in [6.45, 7) is 4.91. The third kappa shape index (κ3) is 3.23. The van der Waals surface area contributed by atoms with Crippen molar-refractivity contribution in [3.05, 3.63) is 48.2 Å². The molecule has 1 N–H and O–H groups in total. The van der Waals surface area contributed by atoms with Crippen LogP contribution in [-0.2, 0) is 5.75 Å². The number of amides is 1. The van der Waals surface area contributed by atoms with Gasteiger partial charge in [-0.3, -0.25) is 9.79 Å². The number of para-hydroxylation sites is 1. The SMILES string of the molecule is C=CCNC(=O)c1oc2ccccc2c1CSC1=NCCS1. The van der Waals surface area contributed by atoms with Crippen LogP contribution in [0.15, 0.2) is 46.3 Å². The molecule has 4 nitrogen and oxygen atoms in total. The zero-order valence-corrected chi connectivity index (χ0v) is 13.6. The van der Waals surface area contributed by atoms with Gasteiger partial charge in [-0.1, -0.05) is 47.8 Å². The standard InChI is InChI=1S/C16H16N2O2S2/c1-2-7-17-15(19)14-12(10-22-16-18-8-9-21-16)11-5-3-4-6-13(11)20-14/h2-6H,1,7-10H2,(H,17,19). The molecule has 3 rings (SSSR count). The highest BCUT2D eigenvalue weighted by Crippen LogP contribution is 2.32. The fourth-order valence-electron chi connectivity index (χ4n) is 2.21. The van der Waals surface area contributed by atoms with E-state index in [1.807, 2.05) is 24.3 Å². The van der Waals surface area contributed by atoms with Crippen LogP contribution < -0.4 is 5.32 Å². The number of rotatable bonds is 5. The predicted octanol–water partition coefficient (Wildman–Crippen LogP) is 3.68. The van der Waals surface area contributed by atoms with E-state index in [-0.39, 0.29) is 5.91 Å². The van der Waals surface area contributed by atoms with Gasteiger partial charge in [0.05, 0.1) is 6.54 Å². The minimum Gasteiger partial charge on any atom is -0.451 e. The maximum atomic E-state index is 12.3. The Morgan fingerprint density at radius 3 is 3.14 bits per heavy atom. The van der Waals surface area contributed by atoms with Gasteiger partial charge in [-0.25, -0.2) is 0 Å². The number of benzene rings is 1. The van der Waals surface area contributed by atoms with Crippen molar-refractivity contribution in [2.24, 2.45) is 4.99 Å². The van der Waals surface area contributed by atoms with Crippen molar-refractivity contribution in [1.82, 2.24) is 5.32 Å². The van der Waals surface area contributed by atoms with Crippen LogP contribution in [0, 0.1) is 0 Å². The minimum absolute atomic E-state index is 0.201. The van der Waals surface area contributed by atoms with Gasteiger partial charge in [0, 0.05) is 29.0 Å². The van der Waals surface area contributed by atoms with Crippen LogP contribution in [0.4, 0.5) is 0 Å². The molecule has 0 atom stereocenters. The maximum absolute atomic E-state index is 12.3. The molecule has 1 aromatic heterocycles. The van der Waals surface area contributed by atoms with E-state index in [0.717, 1.165) is 33.2 Å². The monoisotopic (exact) mass is 332 g/mol. The van der Waals surface area contributed by atoms with Gasteiger partial charge in [-0.05, 0) is 6.07 Å². The summed E-state index contributed by atoms with van der Waals surface area (Å²) in [6, 6.07) is 7.74. The van der Waals surface area contributed by atoms with Crippen molar-refractivity contribution in [2.45, 2.75) is 5.75 Å². The molecular formula is C16H16N2O2S2. The number of fused-ring (bicyclic) bond motifs is 1. The summed E-state index contributed by atoms with van der Waals surface area (Å²) in [4.78, 5) is 16.7. The molecule has 114 valence electrons. The third-order valence-electron chi connectivity index (χ3n) is 3.21. The van der Waals surface area contributed by atoms with E-state index in [2.05, 4.69) is 16.9 Å². The van der Waals surface area contributed by atoms with Crippen LogP contribution in [0.25, 0.3) is 11.0 Å². The summed E-state index contributed by atoms with van der Waals surface area (Å²) < 4.78 is 6.85. The van der Waals surface area contributed by atoms with E-state index in [4.69, 9.17) is 4.42 Å². The summed E-state index contributed by atoms with van der Waals surface area (Å²) in [5.74, 6) is 1.91. The summed E-state index contributed by atoms with van der Waals surface area (Å²) in [5.41, 5.74) is 1.67. The van der Waals surface area contributed by atoms with E-state index in [0.29, 0.717) is 18.1 Å². The minimum atomic E-state index is -0.201. The smallest absolute Gasteiger partial charge is 0.287 e. The van der Waals surface area contributed by atoms with Crippen LogP contribution in [0.1, 0.15) is 16.1 Å². The Labute approximate surface area is 137 Å². The molecule has 0 fully saturated rings. The van der Waals surface area contributed by atoms with Crippen LogP contribution in [0.2, 0.25) is 0 Å². The molecule has 6 heteroatoms. The van der Waals surface area contributed by atoms with Crippen LogP contribution >= 0.6 is 23.5 Å². The molecule has 0 saturated carbocycles. The normalized spacial score (nSPS) is 14.1. The molecule has 0 spiro atoms. The predicted molar refractivity (Wildman–Crippen MR) is 94.8 cm³/mol. The number of aliphatic imine (C=N–C) groups is 1. The lowest BCUT2D eigenvalue weighted by atomic mass is 10.1. The molecule has 0 saturated heterocycles.